The Morgan fingerprint density at radius 3 is 2.57 bits per heavy atom. The first-order valence-electron chi connectivity index (χ1n) is 7.24. The van der Waals surface area contributed by atoms with Crippen LogP contribution in [0.1, 0.15) is 41.4 Å². The number of rotatable bonds is 4. The van der Waals surface area contributed by atoms with Gasteiger partial charge in [-0.3, -0.25) is 9.59 Å². The predicted octanol–water partition coefficient (Wildman–Crippen LogP) is 3.60. The fraction of sp³-hybridized carbons (Fsp3) is 0.294. The Bertz CT molecular complexity index is 786. The summed E-state index contributed by atoms with van der Waals surface area (Å²) >= 11 is 5.78. The summed E-state index contributed by atoms with van der Waals surface area (Å²) in [7, 11) is 0. The molecule has 1 heterocycles. The molecule has 0 saturated carbocycles. The van der Waals surface area contributed by atoms with Crippen LogP contribution in [0.2, 0.25) is 5.02 Å². The number of benzene rings is 1. The van der Waals surface area contributed by atoms with E-state index in [1.54, 1.807) is 19.1 Å². The lowest BCUT2D eigenvalue weighted by molar-refractivity contribution is 0.0923. The van der Waals surface area contributed by atoms with Crippen molar-refractivity contribution in [3.63, 3.8) is 0 Å². The number of carbonyl (C=O) groups excluding carboxylic acids is 1. The molecule has 2 N–H and O–H groups in total. The first kappa shape index (κ1) is 17.2. The molecule has 23 heavy (non-hydrogen) atoms. The fourth-order valence-electron chi connectivity index (χ4n) is 2.39. The van der Waals surface area contributed by atoms with Gasteiger partial charge < -0.3 is 10.3 Å². The molecule has 122 valence electrons. The van der Waals surface area contributed by atoms with Gasteiger partial charge in [0.15, 0.2) is 0 Å². The maximum atomic E-state index is 14.2. The molecular formula is C17H18ClFN2O2. The average Bonchev–Trinajstić information content (AvgIpc) is 2.45. The topological polar surface area (TPSA) is 62.0 Å². The molecule has 0 aliphatic heterocycles. The van der Waals surface area contributed by atoms with Crippen LogP contribution in [0.15, 0.2) is 35.3 Å². The van der Waals surface area contributed by atoms with E-state index >= 15 is 0 Å². The average molecular weight is 337 g/mol. The number of H-pyrrole nitrogens is 1. The van der Waals surface area contributed by atoms with E-state index in [1.807, 2.05) is 13.8 Å². The molecule has 1 atom stereocenters. The van der Waals surface area contributed by atoms with E-state index in [0.717, 1.165) is 0 Å². The van der Waals surface area contributed by atoms with Gasteiger partial charge in [0.2, 0.25) is 5.56 Å². The Labute approximate surface area is 138 Å². The second kappa shape index (κ2) is 6.96. The lowest BCUT2D eigenvalue weighted by Gasteiger charge is -2.24. The third-order valence-corrected chi connectivity index (χ3v) is 3.86. The number of carbonyl (C=O) groups is 1. The molecule has 1 amide bonds. The molecule has 0 fully saturated rings. The van der Waals surface area contributed by atoms with E-state index in [-0.39, 0.29) is 17.4 Å². The first-order chi connectivity index (χ1) is 10.8. The van der Waals surface area contributed by atoms with Gasteiger partial charge in [0.25, 0.3) is 5.91 Å². The van der Waals surface area contributed by atoms with Gasteiger partial charge >= 0.3 is 0 Å². The second-order valence-electron chi connectivity index (χ2n) is 5.75. The van der Waals surface area contributed by atoms with Crippen molar-refractivity contribution in [1.29, 1.82) is 0 Å². The molecule has 0 aliphatic carbocycles. The van der Waals surface area contributed by atoms with Crippen LogP contribution < -0.4 is 10.9 Å². The van der Waals surface area contributed by atoms with E-state index in [2.05, 4.69) is 10.3 Å². The van der Waals surface area contributed by atoms with E-state index in [1.165, 1.54) is 18.3 Å². The molecule has 2 rings (SSSR count). The van der Waals surface area contributed by atoms with E-state index in [9.17, 15) is 14.0 Å². The SMILES string of the molecule is Cc1cc(=O)[nH]cc1C(=O)NC(c1ccc(Cl)cc1F)C(C)C. The zero-order valence-corrected chi connectivity index (χ0v) is 13.9. The number of aromatic amines is 1. The molecule has 1 unspecified atom stereocenters. The predicted molar refractivity (Wildman–Crippen MR) is 88.3 cm³/mol. The van der Waals surface area contributed by atoms with Crippen LogP contribution in [0.5, 0.6) is 0 Å². The highest BCUT2D eigenvalue weighted by Crippen LogP contribution is 2.26. The Hall–Kier alpha value is -2.14. The summed E-state index contributed by atoms with van der Waals surface area (Å²) < 4.78 is 14.2. The Morgan fingerprint density at radius 2 is 2.00 bits per heavy atom. The van der Waals surface area contributed by atoms with Crippen LogP contribution >= 0.6 is 11.6 Å². The van der Waals surface area contributed by atoms with E-state index < -0.39 is 11.9 Å². The molecule has 0 spiro atoms. The standard InChI is InChI=1S/C17H18ClFN2O2/c1-9(2)16(12-5-4-11(18)7-14(12)19)21-17(23)13-8-20-15(22)6-10(13)3/h4-9,16H,1-3H3,(H,20,22)(H,21,23). The molecule has 6 heteroatoms. The monoisotopic (exact) mass is 336 g/mol. The second-order valence-corrected chi connectivity index (χ2v) is 6.19. The summed E-state index contributed by atoms with van der Waals surface area (Å²) in [6, 6.07) is 5.23. The molecule has 2 aromatic rings. The van der Waals surface area contributed by atoms with Crippen LogP contribution in [-0.4, -0.2) is 10.9 Å². The fourth-order valence-corrected chi connectivity index (χ4v) is 2.55. The van der Waals surface area contributed by atoms with Crippen LogP contribution in [0.3, 0.4) is 0 Å². The summed E-state index contributed by atoms with van der Waals surface area (Å²) in [6.07, 6.45) is 1.36. The zero-order valence-electron chi connectivity index (χ0n) is 13.1. The van der Waals surface area contributed by atoms with Crippen molar-refractivity contribution in [2.24, 2.45) is 5.92 Å². The minimum Gasteiger partial charge on any atom is -0.345 e. The third kappa shape index (κ3) is 3.99. The number of pyridine rings is 1. The zero-order chi connectivity index (χ0) is 17.1. The van der Waals surface area contributed by atoms with Crippen molar-refractivity contribution in [1.82, 2.24) is 10.3 Å². The van der Waals surface area contributed by atoms with Crippen molar-refractivity contribution >= 4 is 17.5 Å². The summed E-state index contributed by atoms with van der Waals surface area (Å²) in [6.45, 7) is 5.45. The van der Waals surface area contributed by atoms with Crippen molar-refractivity contribution in [3.8, 4) is 0 Å². The van der Waals surface area contributed by atoms with Gasteiger partial charge in [-0.15, -0.1) is 0 Å². The van der Waals surface area contributed by atoms with Gasteiger partial charge in [-0.1, -0.05) is 31.5 Å². The summed E-state index contributed by atoms with van der Waals surface area (Å²) in [4.78, 5) is 26.2. The molecule has 0 saturated heterocycles. The smallest absolute Gasteiger partial charge is 0.253 e. The number of aryl methyl sites for hydroxylation is 1. The quantitative estimate of drug-likeness (QED) is 0.896. The summed E-state index contributed by atoms with van der Waals surface area (Å²) in [5, 5.41) is 3.13. The van der Waals surface area contributed by atoms with Gasteiger partial charge in [-0.2, -0.15) is 0 Å². The van der Waals surface area contributed by atoms with Crippen LogP contribution in [0, 0.1) is 18.7 Å². The number of hydrogen-bond donors (Lipinski definition) is 2. The van der Waals surface area contributed by atoms with Crippen LogP contribution in [0.25, 0.3) is 0 Å². The highest BCUT2D eigenvalue weighted by Gasteiger charge is 2.23. The van der Waals surface area contributed by atoms with E-state index in [0.29, 0.717) is 21.7 Å². The Balaban J connectivity index is 2.32. The van der Waals surface area contributed by atoms with Gasteiger partial charge in [-0.05, 0) is 30.5 Å². The van der Waals surface area contributed by atoms with Gasteiger partial charge in [0.05, 0.1) is 11.6 Å². The van der Waals surface area contributed by atoms with Crippen LogP contribution in [0.4, 0.5) is 4.39 Å². The van der Waals surface area contributed by atoms with Crippen molar-refractivity contribution in [2.45, 2.75) is 26.8 Å². The molecule has 1 aromatic heterocycles. The number of halogens is 2. The largest absolute Gasteiger partial charge is 0.345 e. The van der Waals surface area contributed by atoms with Crippen molar-refractivity contribution in [3.05, 3.63) is 68.3 Å². The highest BCUT2D eigenvalue weighted by molar-refractivity contribution is 6.30. The van der Waals surface area contributed by atoms with Crippen LogP contribution in [-0.2, 0) is 0 Å². The van der Waals surface area contributed by atoms with Gasteiger partial charge in [-0.25, -0.2) is 4.39 Å². The minimum absolute atomic E-state index is 0.0299. The maximum Gasteiger partial charge on any atom is 0.253 e. The van der Waals surface area contributed by atoms with Crippen molar-refractivity contribution < 1.29 is 9.18 Å². The lowest BCUT2D eigenvalue weighted by Crippen LogP contribution is -2.33. The minimum atomic E-state index is -0.508. The van der Waals surface area contributed by atoms with E-state index in [4.69, 9.17) is 11.6 Å². The molecule has 0 aliphatic rings. The maximum absolute atomic E-state index is 14.2. The Kier molecular flexibility index (Phi) is 5.21. The first-order valence-corrected chi connectivity index (χ1v) is 7.62. The molecular weight excluding hydrogens is 319 g/mol. The molecule has 0 bridgehead atoms. The highest BCUT2D eigenvalue weighted by atomic mass is 35.5. The van der Waals surface area contributed by atoms with Crippen molar-refractivity contribution in [2.75, 3.05) is 0 Å². The number of aromatic nitrogens is 1. The molecule has 4 nitrogen and oxygen atoms in total. The van der Waals surface area contributed by atoms with Gasteiger partial charge in [0.1, 0.15) is 5.82 Å². The Morgan fingerprint density at radius 1 is 1.30 bits per heavy atom. The van der Waals surface area contributed by atoms with Gasteiger partial charge in [0, 0.05) is 22.8 Å². The normalized spacial score (nSPS) is 12.3. The lowest BCUT2D eigenvalue weighted by atomic mass is 9.95. The summed E-state index contributed by atoms with van der Waals surface area (Å²) in [5.74, 6) is -0.862. The third-order valence-electron chi connectivity index (χ3n) is 3.63. The summed E-state index contributed by atoms with van der Waals surface area (Å²) in [5.41, 5.74) is 1.01. The molecule has 0 radical (unpaired) electrons. The number of nitrogens with one attached hydrogen (secondary N) is 2. The number of amides is 1. The molecule has 1 aromatic carbocycles. The number of hydrogen-bond acceptors (Lipinski definition) is 2.